The number of anilines is 2. The van der Waals surface area contributed by atoms with Gasteiger partial charge in [0, 0.05) is 17.5 Å². The minimum absolute atomic E-state index is 0.213. The van der Waals surface area contributed by atoms with Gasteiger partial charge in [0.05, 0.1) is 11.9 Å². The number of aryl methyl sites for hydroxylation is 2. The van der Waals surface area contributed by atoms with Crippen LogP contribution in [0.15, 0.2) is 30.6 Å². The number of amides is 1. The second-order valence-corrected chi connectivity index (χ2v) is 4.38. The molecular formula is C14H17N5O. The van der Waals surface area contributed by atoms with Crippen molar-refractivity contribution < 1.29 is 4.79 Å². The van der Waals surface area contributed by atoms with E-state index in [9.17, 15) is 4.79 Å². The Labute approximate surface area is 117 Å². The molecule has 0 unspecified atom stereocenters. The molecule has 0 aromatic carbocycles. The van der Waals surface area contributed by atoms with Gasteiger partial charge in [0.15, 0.2) is 0 Å². The van der Waals surface area contributed by atoms with E-state index in [0.717, 1.165) is 17.7 Å². The Hall–Kier alpha value is -2.47. The maximum absolute atomic E-state index is 12.3. The third kappa shape index (κ3) is 3.10. The third-order valence-electron chi connectivity index (χ3n) is 2.94. The van der Waals surface area contributed by atoms with Crippen LogP contribution in [0.25, 0.3) is 0 Å². The van der Waals surface area contributed by atoms with Gasteiger partial charge in [0.1, 0.15) is 5.82 Å². The van der Waals surface area contributed by atoms with Crippen LogP contribution in [-0.2, 0) is 6.42 Å². The zero-order valence-electron chi connectivity index (χ0n) is 11.5. The lowest BCUT2D eigenvalue weighted by Gasteiger charge is -2.10. The number of nitrogens with one attached hydrogen (secondary N) is 2. The van der Waals surface area contributed by atoms with Crippen molar-refractivity contribution in [1.82, 2.24) is 9.97 Å². The van der Waals surface area contributed by atoms with Crippen LogP contribution < -0.4 is 16.6 Å². The zero-order chi connectivity index (χ0) is 14.5. The fourth-order valence-electron chi connectivity index (χ4n) is 1.76. The first-order valence-corrected chi connectivity index (χ1v) is 6.33. The van der Waals surface area contributed by atoms with Gasteiger partial charge in [-0.05, 0) is 37.1 Å². The molecule has 2 rings (SSSR count). The third-order valence-corrected chi connectivity index (χ3v) is 2.94. The number of pyridine rings is 2. The normalized spacial score (nSPS) is 10.2. The van der Waals surface area contributed by atoms with E-state index >= 15 is 0 Å². The van der Waals surface area contributed by atoms with Crippen molar-refractivity contribution in [3.63, 3.8) is 0 Å². The van der Waals surface area contributed by atoms with Gasteiger partial charge in [0.2, 0.25) is 0 Å². The van der Waals surface area contributed by atoms with E-state index in [1.54, 1.807) is 24.5 Å². The molecule has 1 amide bonds. The van der Waals surface area contributed by atoms with Crippen LogP contribution >= 0.6 is 0 Å². The minimum Gasteiger partial charge on any atom is -0.320 e. The molecule has 6 nitrogen and oxygen atoms in total. The Morgan fingerprint density at radius 1 is 1.40 bits per heavy atom. The number of carbonyl (C=O) groups excluding carboxylic acids is 1. The summed E-state index contributed by atoms with van der Waals surface area (Å²) in [6, 6.07) is 5.20. The minimum atomic E-state index is -0.213. The van der Waals surface area contributed by atoms with Crippen molar-refractivity contribution in [2.45, 2.75) is 20.3 Å². The topological polar surface area (TPSA) is 92.9 Å². The van der Waals surface area contributed by atoms with Crippen LogP contribution in [0.2, 0.25) is 0 Å². The number of aromatic nitrogens is 2. The van der Waals surface area contributed by atoms with Gasteiger partial charge in [-0.15, -0.1) is 0 Å². The van der Waals surface area contributed by atoms with E-state index in [1.165, 1.54) is 0 Å². The van der Waals surface area contributed by atoms with E-state index in [0.29, 0.717) is 17.1 Å². The number of hydrogen-bond acceptors (Lipinski definition) is 5. The van der Waals surface area contributed by atoms with Crippen LogP contribution in [-0.4, -0.2) is 15.9 Å². The number of hydrazine groups is 1. The van der Waals surface area contributed by atoms with Crippen LogP contribution in [0, 0.1) is 6.92 Å². The average Bonchev–Trinajstić information content (AvgIpc) is 2.48. The number of nitrogen functional groups attached to an aromatic ring is 1. The molecular weight excluding hydrogens is 254 g/mol. The number of hydrogen-bond donors (Lipinski definition) is 3. The monoisotopic (exact) mass is 271 g/mol. The van der Waals surface area contributed by atoms with Gasteiger partial charge < -0.3 is 10.7 Å². The number of nitrogens with two attached hydrogens (primary N) is 1. The summed E-state index contributed by atoms with van der Waals surface area (Å²) in [6.45, 7) is 3.88. The summed E-state index contributed by atoms with van der Waals surface area (Å²) >= 11 is 0. The first-order valence-electron chi connectivity index (χ1n) is 6.33. The van der Waals surface area contributed by atoms with Crippen LogP contribution in [0.3, 0.4) is 0 Å². The fraction of sp³-hybridized carbons (Fsp3) is 0.214. The highest BCUT2D eigenvalue weighted by molar-refractivity contribution is 6.05. The number of nitrogens with zero attached hydrogens (tertiary/aromatic N) is 2. The van der Waals surface area contributed by atoms with Gasteiger partial charge in [-0.2, -0.15) is 0 Å². The van der Waals surface area contributed by atoms with Crippen molar-refractivity contribution in [2.75, 3.05) is 10.7 Å². The molecule has 104 valence electrons. The summed E-state index contributed by atoms with van der Waals surface area (Å²) in [7, 11) is 0. The summed E-state index contributed by atoms with van der Waals surface area (Å²) in [5.41, 5.74) is 5.42. The molecule has 0 aliphatic carbocycles. The first kappa shape index (κ1) is 14.0. The second kappa shape index (κ2) is 6.12. The molecule has 0 spiro atoms. The Balaban J connectivity index is 2.27. The van der Waals surface area contributed by atoms with Gasteiger partial charge in [-0.1, -0.05) is 6.92 Å². The molecule has 0 aliphatic rings. The predicted molar refractivity (Wildman–Crippen MR) is 78.4 cm³/mol. The van der Waals surface area contributed by atoms with E-state index in [-0.39, 0.29) is 5.91 Å². The SMILES string of the molecule is CCc1cc(C(=O)Nc2cnccc2C)cc(NN)n1. The summed E-state index contributed by atoms with van der Waals surface area (Å²) in [5.74, 6) is 5.62. The fourth-order valence-corrected chi connectivity index (χ4v) is 1.76. The maximum atomic E-state index is 12.3. The molecule has 0 radical (unpaired) electrons. The molecule has 0 bridgehead atoms. The molecule has 2 heterocycles. The highest BCUT2D eigenvalue weighted by Gasteiger charge is 2.10. The number of rotatable bonds is 4. The van der Waals surface area contributed by atoms with Gasteiger partial charge in [-0.3, -0.25) is 9.78 Å². The maximum Gasteiger partial charge on any atom is 0.255 e. The first-order chi connectivity index (χ1) is 9.63. The van der Waals surface area contributed by atoms with Crippen molar-refractivity contribution in [2.24, 2.45) is 5.84 Å². The lowest BCUT2D eigenvalue weighted by molar-refractivity contribution is 0.102. The molecule has 4 N–H and O–H groups in total. The second-order valence-electron chi connectivity index (χ2n) is 4.38. The van der Waals surface area contributed by atoms with E-state index in [2.05, 4.69) is 20.7 Å². The molecule has 0 aliphatic heterocycles. The lowest BCUT2D eigenvalue weighted by Crippen LogP contribution is -2.16. The van der Waals surface area contributed by atoms with Gasteiger partial charge in [-0.25, -0.2) is 10.8 Å². The molecule has 0 fully saturated rings. The smallest absolute Gasteiger partial charge is 0.255 e. The largest absolute Gasteiger partial charge is 0.320 e. The van der Waals surface area contributed by atoms with E-state index in [1.807, 2.05) is 19.9 Å². The standard InChI is InChI=1S/C14H17N5O/c1-3-11-6-10(7-13(17-11)19-15)14(20)18-12-8-16-5-4-9(12)2/h4-8H,3,15H2,1-2H3,(H,17,19)(H,18,20). The highest BCUT2D eigenvalue weighted by atomic mass is 16.1. The molecule has 20 heavy (non-hydrogen) atoms. The Kier molecular flexibility index (Phi) is 4.27. The molecule has 0 saturated carbocycles. The summed E-state index contributed by atoms with van der Waals surface area (Å²) in [5, 5.41) is 2.83. The summed E-state index contributed by atoms with van der Waals surface area (Å²) < 4.78 is 0. The number of carbonyl (C=O) groups is 1. The molecule has 6 heteroatoms. The summed E-state index contributed by atoms with van der Waals surface area (Å²) in [6.07, 6.45) is 4.03. The quantitative estimate of drug-likeness (QED) is 0.583. The Morgan fingerprint density at radius 2 is 2.20 bits per heavy atom. The van der Waals surface area contributed by atoms with E-state index < -0.39 is 0 Å². The van der Waals surface area contributed by atoms with Crippen molar-refractivity contribution >= 4 is 17.4 Å². The molecule has 0 saturated heterocycles. The van der Waals surface area contributed by atoms with Gasteiger partial charge in [0.25, 0.3) is 5.91 Å². The highest BCUT2D eigenvalue weighted by Crippen LogP contribution is 2.15. The van der Waals surface area contributed by atoms with Crippen LogP contribution in [0.1, 0.15) is 28.5 Å². The van der Waals surface area contributed by atoms with Crippen molar-refractivity contribution in [3.05, 3.63) is 47.4 Å². The molecule has 2 aromatic heterocycles. The Bertz CT molecular complexity index is 604. The van der Waals surface area contributed by atoms with Crippen LogP contribution in [0.5, 0.6) is 0 Å². The zero-order valence-corrected chi connectivity index (χ0v) is 11.5. The lowest BCUT2D eigenvalue weighted by atomic mass is 10.1. The predicted octanol–water partition coefficient (Wildman–Crippen LogP) is 1.89. The molecule has 2 aromatic rings. The molecule has 0 atom stereocenters. The van der Waals surface area contributed by atoms with E-state index in [4.69, 9.17) is 5.84 Å². The van der Waals surface area contributed by atoms with Gasteiger partial charge >= 0.3 is 0 Å². The summed E-state index contributed by atoms with van der Waals surface area (Å²) in [4.78, 5) is 20.5. The Morgan fingerprint density at radius 3 is 2.85 bits per heavy atom. The average molecular weight is 271 g/mol. The van der Waals surface area contributed by atoms with Crippen molar-refractivity contribution in [1.29, 1.82) is 0 Å². The van der Waals surface area contributed by atoms with Crippen molar-refractivity contribution in [3.8, 4) is 0 Å². The van der Waals surface area contributed by atoms with Crippen LogP contribution in [0.4, 0.5) is 11.5 Å².